The summed E-state index contributed by atoms with van der Waals surface area (Å²) in [7, 11) is 2.92. The first-order valence-electron chi connectivity index (χ1n) is 9.91. The highest BCUT2D eigenvalue weighted by Gasteiger charge is 2.15. The van der Waals surface area contributed by atoms with Crippen LogP contribution < -0.4 is 4.74 Å². The third-order valence-electron chi connectivity index (χ3n) is 5.49. The number of rotatable bonds is 4. The summed E-state index contributed by atoms with van der Waals surface area (Å²) in [5.74, 6) is 0.0746. The number of ether oxygens (including phenoxy) is 2. The first kappa shape index (κ1) is 18.9. The van der Waals surface area contributed by atoms with Crippen LogP contribution >= 0.6 is 0 Å². The highest BCUT2D eigenvalue weighted by atomic mass is 16.5. The van der Waals surface area contributed by atoms with Gasteiger partial charge in [0.2, 0.25) is 0 Å². The molecular weight excluding hydrogens is 388 g/mol. The summed E-state index contributed by atoms with van der Waals surface area (Å²) < 4.78 is 12.4. The summed E-state index contributed by atoms with van der Waals surface area (Å²) in [6.07, 6.45) is 1.86. The molecule has 0 atom stereocenters. The fourth-order valence-corrected chi connectivity index (χ4v) is 3.96. The molecule has 1 heterocycles. The van der Waals surface area contributed by atoms with E-state index in [9.17, 15) is 4.79 Å². The second-order valence-corrected chi connectivity index (χ2v) is 7.23. The predicted octanol–water partition coefficient (Wildman–Crippen LogP) is 5.64. The largest absolute Gasteiger partial charge is 0.496 e. The molecule has 5 heteroatoms. The Morgan fingerprint density at radius 2 is 1.68 bits per heavy atom. The average molecular weight is 408 g/mol. The zero-order valence-electron chi connectivity index (χ0n) is 17.2. The number of aromatic nitrogens is 2. The van der Waals surface area contributed by atoms with Crippen molar-refractivity contribution in [1.29, 1.82) is 0 Å². The zero-order chi connectivity index (χ0) is 21.4. The quantitative estimate of drug-likeness (QED) is 0.361. The Morgan fingerprint density at radius 3 is 2.52 bits per heavy atom. The Balaban J connectivity index is 1.68. The fourth-order valence-electron chi connectivity index (χ4n) is 3.96. The highest BCUT2D eigenvalue weighted by Crippen LogP contribution is 2.33. The number of hydrogen-bond acceptors (Lipinski definition) is 4. The molecule has 4 aromatic carbocycles. The van der Waals surface area contributed by atoms with Crippen LogP contribution in [0.4, 0.5) is 0 Å². The monoisotopic (exact) mass is 408 g/mol. The molecule has 0 saturated carbocycles. The lowest BCUT2D eigenvalue weighted by Crippen LogP contribution is -2.04. The van der Waals surface area contributed by atoms with Gasteiger partial charge in [0.15, 0.2) is 0 Å². The van der Waals surface area contributed by atoms with Crippen LogP contribution in [0.2, 0.25) is 0 Å². The van der Waals surface area contributed by atoms with E-state index in [1.165, 1.54) is 7.11 Å². The molecule has 5 aromatic rings. The number of imidazole rings is 1. The minimum Gasteiger partial charge on any atom is -0.496 e. The molecule has 0 unspecified atom stereocenters. The van der Waals surface area contributed by atoms with Gasteiger partial charge in [-0.3, -0.25) is 4.57 Å². The van der Waals surface area contributed by atoms with Gasteiger partial charge < -0.3 is 9.47 Å². The maximum Gasteiger partial charge on any atom is 0.341 e. The SMILES string of the molecule is COC(=O)c1cc2ccc(-c3ccccc3-n3cnc4ccccc43)cc2cc1OC. The van der Waals surface area contributed by atoms with Gasteiger partial charge in [-0.1, -0.05) is 42.5 Å². The topological polar surface area (TPSA) is 53.4 Å². The zero-order valence-corrected chi connectivity index (χ0v) is 17.2. The molecule has 0 aliphatic rings. The molecule has 5 rings (SSSR count). The van der Waals surface area contributed by atoms with Gasteiger partial charge in [0.1, 0.15) is 17.6 Å². The van der Waals surface area contributed by atoms with Crippen LogP contribution in [-0.4, -0.2) is 29.7 Å². The molecule has 1 aromatic heterocycles. The third-order valence-corrected chi connectivity index (χ3v) is 5.49. The van der Waals surface area contributed by atoms with Crippen molar-refractivity contribution >= 4 is 27.8 Å². The van der Waals surface area contributed by atoms with E-state index in [1.54, 1.807) is 13.2 Å². The van der Waals surface area contributed by atoms with Gasteiger partial charge in [-0.15, -0.1) is 0 Å². The van der Waals surface area contributed by atoms with E-state index in [0.717, 1.165) is 38.6 Å². The summed E-state index contributed by atoms with van der Waals surface area (Å²) in [5.41, 5.74) is 5.62. The van der Waals surface area contributed by atoms with Gasteiger partial charge in [0, 0.05) is 5.56 Å². The van der Waals surface area contributed by atoms with E-state index in [-0.39, 0.29) is 0 Å². The molecule has 5 nitrogen and oxygen atoms in total. The number of benzene rings is 4. The molecule has 0 amide bonds. The van der Waals surface area contributed by atoms with Crippen LogP contribution in [0.3, 0.4) is 0 Å². The van der Waals surface area contributed by atoms with E-state index in [2.05, 4.69) is 39.9 Å². The normalized spacial score (nSPS) is 11.0. The van der Waals surface area contributed by atoms with Crippen molar-refractivity contribution in [3.8, 4) is 22.6 Å². The maximum absolute atomic E-state index is 12.1. The summed E-state index contributed by atoms with van der Waals surface area (Å²) in [6, 6.07) is 26.2. The van der Waals surface area contributed by atoms with E-state index >= 15 is 0 Å². The van der Waals surface area contributed by atoms with Crippen molar-refractivity contribution in [2.24, 2.45) is 0 Å². The van der Waals surface area contributed by atoms with Gasteiger partial charge >= 0.3 is 5.97 Å². The van der Waals surface area contributed by atoms with Crippen molar-refractivity contribution in [3.05, 3.63) is 90.8 Å². The molecule has 0 radical (unpaired) electrons. The number of carbonyl (C=O) groups is 1. The summed E-state index contributed by atoms with van der Waals surface area (Å²) >= 11 is 0. The first-order chi connectivity index (χ1) is 15.2. The van der Waals surface area contributed by atoms with Crippen molar-refractivity contribution in [1.82, 2.24) is 9.55 Å². The molecule has 0 fully saturated rings. The lowest BCUT2D eigenvalue weighted by Gasteiger charge is -2.13. The number of fused-ring (bicyclic) bond motifs is 2. The first-order valence-corrected chi connectivity index (χ1v) is 9.91. The maximum atomic E-state index is 12.1. The number of nitrogens with zero attached hydrogens (tertiary/aromatic N) is 2. The Labute approximate surface area is 179 Å². The number of para-hydroxylation sites is 3. The summed E-state index contributed by atoms with van der Waals surface area (Å²) in [5, 5.41) is 1.92. The molecule has 0 N–H and O–H groups in total. The Kier molecular flexibility index (Phi) is 4.64. The number of carbonyl (C=O) groups excluding carboxylic acids is 1. The number of methoxy groups -OCH3 is 2. The smallest absolute Gasteiger partial charge is 0.341 e. The molecule has 0 bridgehead atoms. The number of hydrogen-bond donors (Lipinski definition) is 0. The minimum atomic E-state index is -0.417. The van der Waals surface area contributed by atoms with Crippen LogP contribution in [0, 0.1) is 0 Å². The van der Waals surface area contributed by atoms with Gasteiger partial charge in [0.25, 0.3) is 0 Å². The van der Waals surface area contributed by atoms with Gasteiger partial charge in [0.05, 0.1) is 30.9 Å². The highest BCUT2D eigenvalue weighted by molar-refractivity contribution is 6.00. The van der Waals surface area contributed by atoms with E-state index in [4.69, 9.17) is 9.47 Å². The minimum absolute atomic E-state index is 0.413. The molecule has 0 aliphatic carbocycles. The van der Waals surface area contributed by atoms with Gasteiger partial charge in [-0.05, 0) is 52.7 Å². The standard InChI is InChI=1S/C26H20N2O3/c1-30-25-15-19-13-18(12-11-17(19)14-21(25)26(29)31-2)20-7-3-5-9-23(20)28-16-27-22-8-4-6-10-24(22)28/h3-16H,1-2H3. The Bertz CT molecular complexity index is 1440. The molecule has 0 saturated heterocycles. The fraction of sp³-hybridized carbons (Fsp3) is 0.0769. The van der Waals surface area contributed by atoms with Crippen LogP contribution in [0.1, 0.15) is 10.4 Å². The van der Waals surface area contributed by atoms with Crippen LogP contribution in [0.15, 0.2) is 85.2 Å². The van der Waals surface area contributed by atoms with Crippen molar-refractivity contribution < 1.29 is 14.3 Å². The van der Waals surface area contributed by atoms with E-state index in [1.807, 2.05) is 48.8 Å². The van der Waals surface area contributed by atoms with Crippen molar-refractivity contribution in [2.75, 3.05) is 14.2 Å². The summed E-state index contributed by atoms with van der Waals surface area (Å²) in [4.78, 5) is 16.6. The van der Waals surface area contributed by atoms with Crippen LogP contribution in [0.25, 0.3) is 38.6 Å². The Morgan fingerprint density at radius 1 is 0.871 bits per heavy atom. The lowest BCUT2D eigenvalue weighted by molar-refractivity contribution is 0.0597. The van der Waals surface area contributed by atoms with E-state index < -0.39 is 5.97 Å². The van der Waals surface area contributed by atoms with Crippen LogP contribution in [-0.2, 0) is 4.74 Å². The molecule has 0 spiro atoms. The lowest BCUT2D eigenvalue weighted by atomic mass is 9.98. The van der Waals surface area contributed by atoms with E-state index in [0.29, 0.717) is 11.3 Å². The molecule has 0 aliphatic heterocycles. The van der Waals surface area contributed by atoms with Crippen LogP contribution in [0.5, 0.6) is 5.75 Å². The molecule has 31 heavy (non-hydrogen) atoms. The second kappa shape index (κ2) is 7.61. The molecular formula is C26H20N2O3. The van der Waals surface area contributed by atoms with Gasteiger partial charge in [-0.2, -0.15) is 0 Å². The van der Waals surface area contributed by atoms with Gasteiger partial charge in [-0.25, -0.2) is 9.78 Å². The second-order valence-electron chi connectivity index (χ2n) is 7.23. The van der Waals surface area contributed by atoms with Crippen molar-refractivity contribution in [2.45, 2.75) is 0 Å². The Hall–Kier alpha value is -4.12. The predicted molar refractivity (Wildman–Crippen MR) is 122 cm³/mol. The number of esters is 1. The van der Waals surface area contributed by atoms with Crippen molar-refractivity contribution in [3.63, 3.8) is 0 Å². The third kappa shape index (κ3) is 3.20. The average Bonchev–Trinajstić information content (AvgIpc) is 3.26. The summed E-state index contributed by atoms with van der Waals surface area (Å²) in [6.45, 7) is 0. The molecule has 152 valence electrons.